The maximum absolute atomic E-state index is 6.27. The van der Waals surface area contributed by atoms with Crippen LogP contribution in [-0.4, -0.2) is 50.6 Å². The molecule has 1 unspecified atom stereocenters. The molecule has 1 aromatic rings. The van der Waals surface area contributed by atoms with Crippen LogP contribution in [0.15, 0.2) is 24.3 Å². The molecule has 0 aliphatic rings. The summed E-state index contributed by atoms with van der Waals surface area (Å²) in [6.45, 7) is 7.43. The lowest BCUT2D eigenvalue weighted by Gasteiger charge is -2.23. The van der Waals surface area contributed by atoms with E-state index in [1.54, 1.807) is 0 Å². The highest BCUT2D eigenvalue weighted by molar-refractivity contribution is 5.26. The Morgan fingerprint density at radius 2 is 1.47 bits per heavy atom. The van der Waals surface area contributed by atoms with Crippen molar-refractivity contribution >= 4 is 0 Å². The fourth-order valence-corrected chi connectivity index (χ4v) is 2.03. The lowest BCUT2D eigenvalue weighted by atomic mass is 9.99. The summed E-state index contributed by atoms with van der Waals surface area (Å²) in [5, 5.41) is 0. The van der Waals surface area contributed by atoms with E-state index in [9.17, 15) is 0 Å². The van der Waals surface area contributed by atoms with Gasteiger partial charge >= 0.3 is 0 Å². The molecule has 0 saturated carbocycles. The van der Waals surface area contributed by atoms with Gasteiger partial charge in [0.15, 0.2) is 0 Å². The van der Waals surface area contributed by atoms with Gasteiger partial charge in [0.25, 0.3) is 0 Å². The van der Waals surface area contributed by atoms with Crippen LogP contribution in [0.25, 0.3) is 0 Å². The Hall–Kier alpha value is -0.900. The van der Waals surface area contributed by atoms with E-state index in [0.717, 1.165) is 19.6 Å². The van der Waals surface area contributed by atoms with Crippen LogP contribution in [0.5, 0.6) is 0 Å². The molecule has 0 aliphatic heterocycles. The van der Waals surface area contributed by atoms with Crippen molar-refractivity contribution < 1.29 is 0 Å². The van der Waals surface area contributed by atoms with Crippen LogP contribution in [0, 0.1) is 0 Å². The summed E-state index contributed by atoms with van der Waals surface area (Å²) in [4.78, 5) is 4.49. The van der Waals surface area contributed by atoms with Crippen molar-refractivity contribution in [1.82, 2.24) is 9.80 Å². The first-order valence-corrected chi connectivity index (χ1v) is 7.09. The Morgan fingerprint density at radius 3 is 1.95 bits per heavy atom. The van der Waals surface area contributed by atoms with E-state index in [-0.39, 0.29) is 6.04 Å². The molecule has 0 aliphatic carbocycles. The molecule has 19 heavy (non-hydrogen) atoms. The van der Waals surface area contributed by atoms with Crippen LogP contribution < -0.4 is 5.73 Å². The minimum Gasteiger partial charge on any atom is -0.323 e. The zero-order valence-corrected chi connectivity index (χ0v) is 13.1. The number of nitrogens with zero attached hydrogens (tertiary/aromatic N) is 2. The van der Waals surface area contributed by atoms with Crippen molar-refractivity contribution in [3.63, 3.8) is 0 Å². The molecular formula is C16H29N3. The van der Waals surface area contributed by atoms with Crippen molar-refractivity contribution in [3.05, 3.63) is 35.4 Å². The smallest absolute Gasteiger partial charge is 0.0424 e. The van der Waals surface area contributed by atoms with Crippen LogP contribution in [0.3, 0.4) is 0 Å². The zero-order chi connectivity index (χ0) is 14.4. The average molecular weight is 263 g/mol. The number of benzene rings is 1. The van der Waals surface area contributed by atoms with Crippen LogP contribution >= 0.6 is 0 Å². The predicted octanol–water partition coefficient (Wildman–Crippen LogP) is 2.30. The highest BCUT2D eigenvalue weighted by Gasteiger charge is 2.10. The molecule has 1 atom stereocenters. The lowest BCUT2D eigenvalue weighted by Crippen LogP contribution is -2.34. The molecule has 0 saturated heterocycles. The highest BCUT2D eigenvalue weighted by Crippen LogP contribution is 2.18. The van der Waals surface area contributed by atoms with E-state index in [1.165, 1.54) is 11.1 Å². The van der Waals surface area contributed by atoms with Crippen LogP contribution in [0.4, 0.5) is 0 Å². The van der Waals surface area contributed by atoms with Crippen molar-refractivity contribution in [2.24, 2.45) is 5.73 Å². The molecule has 0 amide bonds. The van der Waals surface area contributed by atoms with E-state index in [4.69, 9.17) is 5.73 Å². The average Bonchev–Trinajstić information content (AvgIpc) is 2.36. The highest BCUT2D eigenvalue weighted by atomic mass is 15.2. The van der Waals surface area contributed by atoms with Gasteiger partial charge in [0.1, 0.15) is 0 Å². The first-order valence-electron chi connectivity index (χ1n) is 7.09. The minimum absolute atomic E-state index is 0.0911. The number of rotatable bonds is 7. The third-order valence-electron chi connectivity index (χ3n) is 3.47. The van der Waals surface area contributed by atoms with E-state index < -0.39 is 0 Å². The Kier molecular flexibility index (Phi) is 6.49. The zero-order valence-electron chi connectivity index (χ0n) is 13.1. The molecule has 0 bridgehead atoms. The van der Waals surface area contributed by atoms with Gasteiger partial charge in [0.05, 0.1) is 0 Å². The van der Waals surface area contributed by atoms with Crippen LogP contribution in [0.1, 0.15) is 36.9 Å². The van der Waals surface area contributed by atoms with Crippen molar-refractivity contribution in [2.45, 2.75) is 25.8 Å². The second-order valence-electron chi connectivity index (χ2n) is 5.99. The fourth-order valence-electron chi connectivity index (χ4n) is 2.03. The van der Waals surface area contributed by atoms with Crippen molar-refractivity contribution in [2.75, 3.05) is 40.8 Å². The summed E-state index contributed by atoms with van der Waals surface area (Å²) >= 11 is 0. The Balaban J connectivity index is 2.50. The third-order valence-corrected chi connectivity index (χ3v) is 3.47. The Bertz CT molecular complexity index is 357. The molecule has 2 N–H and O–H groups in total. The second-order valence-corrected chi connectivity index (χ2v) is 5.99. The first-order chi connectivity index (χ1) is 8.90. The maximum atomic E-state index is 6.27. The largest absolute Gasteiger partial charge is 0.323 e. The lowest BCUT2D eigenvalue weighted by molar-refractivity contribution is 0.269. The summed E-state index contributed by atoms with van der Waals surface area (Å²) in [5.74, 6) is 0.577. The maximum Gasteiger partial charge on any atom is 0.0424 e. The van der Waals surface area contributed by atoms with Gasteiger partial charge in [-0.1, -0.05) is 38.1 Å². The van der Waals surface area contributed by atoms with E-state index in [0.29, 0.717) is 5.92 Å². The molecule has 3 heteroatoms. The minimum atomic E-state index is 0.0911. The van der Waals surface area contributed by atoms with Gasteiger partial charge in [-0.2, -0.15) is 0 Å². The van der Waals surface area contributed by atoms with Crippen LogP contribution in [0.2, 0.25) is 0 Å². The third kappa shape index (κ3) is 5.72. The number of hydrogen-bond acceptors (Lipinski definition) is 3. The van der Waals surface area contributed by atoms with Gasteiger partial charge < -0.3 is 15.5 Å². The Morgan fingerprint density at radius 1 is 0.947 bits per heavy atom. The molecule has 0 heterocycles. The monoisotopic (exact) mass is 263 g/mol. The van der Waals surface area contributed by atoms with Gasteiger partial charge in [0.2, 0.25) is 0 Å². The van der Waals surface area contributed by atoms with Gasteiger partial charge in [-0.15, -0.1) is 0 Å². The molecule has 0 aromatic heterocycles. The topological polar surface area (TPSA) is 32.5 Å². The molecule has 3 nitrogen and oxygen atoms in total. The van der Waals surface area contributed by atoms with Crippen molar-refractivity contribution in [3.8, 4) is 0 Å². The molecule has 1 aromatic carbocycles. The van der Waals surface area contributed by atoms with E-state index in [1.807, 2.05) is 0 Å². The number of hydrogen-bond donors (Lipinski definition) is 1. The van der Waals surface area contributed by atoms with E-state index >= 15 is 0 Å². The van der Waals surface area contributed by atoms with Gasteiger partial charge in [0, 0.05) is 25.7 Å². The quantitative estimate of drug-likeness (QED) is 0.819. The van der Waals surface area contributed by atoms with Crippen LogP contribution in [-0.2, 0) is 0 Å². The molecular weight excluding hydrogens is 234 g/mol. The number of likely N-dealkylation sites (N-methyl/N-ethyl adjacent to an activating group) is 2. The summed E-state index contributed by atoms with van der Waals surface area (Å²) < 4.78 is 0. The fraction of sp³-hybridized carbons (Fsp3) is 0.625. The summed E-state index contributed by atoms with van der Waals surface area (Å²) in [6, 6.07) is 8.81. The van der Waals surface area contributed by atoms with Gasteiger partial charge in [-0.05, 0) is 38.2 Å². The molecule has 0 fully saturated rings. The molecule has 1 rings (SSSR count). The number of nitrogens with two attached hydrogens (primary N) is 1. The first kappa shape index (κ1) is 16.2. The van der Waals surface area contributed by atoms with Crippen molar-refractivity contribution in [1.29, 1.82) is 0 Å². The molecule has 0 spiro atoms. The Labute approximate surface area is 118 Å². The summed E-state index contributed by atoms with van der Waals surface area (Å²) in [5.41, 5.74) is 8.87. The normalized spacial score (nSPS) is 13.5. The predicted molar refractivity (Wildman–Crippen MR) is 83.5 cm³/mol. The van der Waals surface area contributed by atoms with Gasteiger partial charge in [-0.3, -0.25) is 0 Å². The summed E-state index contributed by atoms with van der Waals surface area (Å²) in [7, 11) is 6.32. The second kappa shape index (κ2) is 7.63. The molecule has 0 radical (unpaired) electrons. The van der Waals surface area contributed by atoms with Gasteiger partial charge in [-0.25, -0.2) is 0 Å². The molecule has 108 valence electrons. The standard InChI is InChI=1S/C16H29N3/c1-13(2)14-6-8-15(9-7-14)16(17)12-19(5)11-10-18(3)4/h6-9,13,16H,10-12,17H2,1-5H3. The summed E-state index contributed by atoms with van der Waals surface area (Å²) in [6.07, 6.45) is 0. The SMILES string of the molecule is CC(C)c1ccc(C(N)CN(C)CCN(C)C)cc1. The van der Waals surface area contributed by atoms with E-state index in [2.05, 4.69) is 69.1 Å².